The molecule has 0 aliphatic carbocycles. The van der Waals surface area contributed by atoms with E-state index in [4.69, 9.17) is 37.0 Å². The van der Waals surface area contributed by atoms with Gasteiger partial charge in [-0.1, -0.05) is 61.7 Å². The lowest BCUT2D eigenvalue weighted by Crippen LogP contribution is -2.51. The van der Waals surface area contributed by atoms with Crippen molar-refractivity contribution in [1.29, 1.82) is 0 Å². The number of piperazine rings is 1. The van der Waals surface area contributed by atoms with Gasteiger partial charge >= 0.3 is 6.01 Å². The van der Waals surface area contributed by atoms with Crippen LogP contribution >= 0.6 is 22.9 Å². The molecule has 4 aliphatic heterocycles. The van der Waals surface area contributed by atoms with Gasteiger partial charge in [0, 0.05) is 60.7 Å². The fourth-order valence-corrected chi connectivity index (χ4v) is 13.0. The molecular weight excluding hydrogens is 1040 g/mol. The topological polar surface area (TPSA) is 171 Å². The molecule has 3 N–H and O–H groups in total. The van der Waals surface area contributed by atoms with Crippen LogP contribution in [-0.2, 0) is 9.59 Å². The highest BCUT2D eigenvalue weighted by atomic mass is 35.5. The predicted octanol–water partition coefficient (Wildman–Crippen LogP) is 10.2. The molecule has 0 spiro atoms. The molecule has 7 heterocycles. The van der Waals surface area contributed by atoms with Gasteiger partial charge in [0.2, 0.25) is 11.8 Å². The molecule has 15 nitrogen and oxygen atoms in total. The van der Waals surface area contributed by atoms with Gasteiger partial charge in [-0.3, -0.25) is 14.5 Å². The van der Waals surface area contributed by atoms with Gasteiger partial charge in [0.25, 0.3) is 5.88 Å². The highest BCUT2D eigenvalue weighted by molar-refractivity contribution is 7.13. The highest BCUT2D eigenvalue weighted by Crippen LogP contribution is 2.44. The number of hydrogen-bond donors (Lipinski definition) is 3. The summed E-state index contributed by atoms with van der Waals surface area (Å²) in [6, 6.07) is 16.6. The van der Waals surface area contributed by atoms with Crippen molar-refractivity contribution < 1.29 is 37.5 Å². The maximum absolute atomic E-state index is 17.3. The molecule has 5 atom stereocenters. The number of piperidine rings is 1. The van der Waals surface area contributed by atoms with Gasteiger partial charge in [-0.25, -0.2) is 13.8 Å². The number of halogens is 3. The number of nitrogens with one attached hydrogen (secondary N) is 2. The van der Waals surface area contributed by atoms with Gasteiger partial charge in [0.05, 0.1) is 39.3 Å². The van der Waals surface area contributed by atoms with E-state index in [-0.39, 0.29) is 92.8 Å². The molecular formula is C59H62ClF2N9O6S. The van der Waals surface area contributed by atoms with Gasteiger partial charge < -0.3 is 39.5 Å². The molecule has 4 aliphatic rings. The van der Waals surface area contributed by atoms with Crippen LogP contribution in [0.1, 0.15) is 93.8 Å². The number of nitrogens with zero attached hydrogens (tertiary/aromatic N) is 7. The number of ether oxygens (including phenoxy) is 2. The standard InChI is InChI=1S/C59H62ClF2N9O6S/c1-6-42-46(61)16-13-38-24-41(72)25-43(51(38)42)52-45(60)26-44-54(53(52)62)66-59(67-56(44)70-28-39-14-15-40(29-70)65-39)75-23-22-69-20-17-35(18-21-69)30-76-49-27-48(77-68-49)50(32(2)3)58(74)71-19-7-8-47(71)57(73)64-33(4)36-9-11-37(12-10-36)55-34(5)63-31-78-55/h1,9-13,16,24-27,31-33,35,39-40,47,50,65,72H,7-8,14-15,17-23,28-30H2,2-5H3,(H,64,73)/t33-,39?,40?,47-,50?/m0/s1. The van der Waals surface area contributed by atoms with Crippen LogP contribution in [0.5, 0.6) is 17.6 Å². The first-order valence-electron chi connectivity index (χ1n) is 26.9. The summed E-state index contributed by atoms with van der Waals surface area (Å²) in [7, 11) is 0. The zero-order valence-corrected chi connectivity index (χ0v) is 45.6. The third-order valence-electron chi connectivity index (χ3n) is 16.0. The van der Waals surface area contributed by atoms with E-state index in [9.17, 15) is 14.7 Å². The second-order valence-electron chi connectivity index (χ2n) is 21.5. The first-order valence-corrected chi connectivity index (χ1v) is 28.2. The Bertz CT molecular complexity index is 3420. The number of aromatic nitrogens is 4. The number of fused-ring (bicyclic) bond motifs is 4. The second kappa shape index (κ2) is 22.4. The number of likely N-dealkylation sites (tertiary alicyclic amines) is 2. The minimum absolute atomic E-state index is 0.0139. The summed E-state index contributed by atoms with van der Waals surface area (Å²) in [5.74, 6) is 1.17. The zero-order chi connectivity index (χ0) is 54.4. The first kappa shape index (κ1) is 53.1. The lowest BCUT2D eigenvalue weighted by atomic mass is 9.91. The molecule has 2 bridgehead atoms. The van der Waals surface area contributed by atoms with E-state index in [0.717, 1.165) is 66.9 Å². The molecule has 4 saturated heterocycles. The van der Waals surface area contributed by atoms with Crippen LogP contribution < -0.4 is 25.0 Å². The van der Waals surface area contributed by atoms with Crippen molar-refractivity contribution in [3.63, 3.8) is 0 Å². The number of terminal acetylenes is 1. The van der Waals surface area contributed by atoms with Crippen LogP contribution in [0.3, 0.4) is 0 Å². The molecule has 406 valence electrons. The monoisotopic (exact) mass is 1100 g/mol. The third-order valence-corrected chi connectivity index (χ3v) is 17.3. The molecule has 78 heavy (non-hydrogen) atoms. The largest absolute Gasteiger partial charge is 0.508 e. The van der Waals surface area contributed by atoms with E-state index in [2.05, 4.69) is 53.6 Å². The van der Waals surface area contributed by atoms with Crippen molar-refractivity contribution >= 4 is 62.2 Å². The van der Waals surface area contributed by atoms with E-state index in [1.54, 1.807) is 28.4 Å². The van der Waals surface area contributed by atoms with Crippen LogP contribution in [0.4, 0.5) is 14.6 Å². The fourth-order valence-electron chi connectivity index (χ4n) is 11.9. The Morgan fingerprint density at radius 1 is 0.987 bits per heavy atom. The number of aryl methyl sites for hydroxylation is 1. The first-order chi connectivity index (χ1) is 37.7. The molecule has 4 fully saturated rings. The molecule has 11 rings (SSSR count). The molecule has 3 unspecified atom stereocenters. The molecule has 2 amide bonds. The maximum Gasteiger partial charge on any atom is 0.319 e. The number of hydrogen-bond acceptors (Lipinski definition) is 14. The summed E-state index contributed by atoms with van der Waals surface area (Å²) < 4.78 is 50.7. The number of rotatable bonds is 16. The molecule has 3 aromatic heterocycles. The Balaban J connectivity index is 0.708. The number of benzene rings is 4. The summed E-state index contributed by atoms with van der Waals surface area (Å²) >= 11 is 8.56. The van der Waals surface area contributed by atoms with Crippen molar-refractivity contribution in [2.24, 2.45) is 11.8 Å². The van der Waals surface area contributed by atoms with Crippen LogP contribution in [0, 0.1) is 42.7 Å². The number of thiazole rings is 1. The quantitative estimate of drug-likeness (QED) is 0.0782. The van der Waals surface area contributed by atoms with E-state index in [0.29, 0.717) is 67.4 Å². The van der Waals surface area contributed by atoms with E-state index >= 15 is 8.78 Å². The molecule has 7 aromatic rings. The minimum atomic E-state index is -0.772. The van der Waals surface area contributed by atoms with Crippen LogP contribution in [-0.4, -0.2) is 117 Å². The normalized spacial score (nSPS) is 19.7. The van der Waals surface area contributed by atoms with Crippen molar-refractivity contribution in [3.05, 3.63) is 105 Å². The third kappa shape index (κ3) is 10.7. The summed E-state index contributed by atoms with van der Waals surface area (Å²) in [6.07, 6.45) is 10.8. The van der Waals surface area contributed by atoms with Crippen molar-refractivity contribution in [2.75, 3.05) is 57.4 Å². The Morgan fingerprint density at radius 3 is 2.47 bits per heavy atom. The average Bonchev–Trinajstić information content (AvgIpc) is 4.40. The van der Waals surface area contributed by atoms with Gasteiger partial charge in [-0.2, -0.15) is 9.97 Å². The number of carbonyl (C=O) groups is 2. The van der Waals surface area contributed by atoms with E-state index in [1.807, 2.05) is 45.3 Å². The Kier molecular flexibility index (Phi) is 15.3. The minimum Gasteiger partial charge on any atom is -0.508 e. The Labute approximate surface area is 460 Å². The Hall–Kier alpha value is -6.91. The maximum atomic E-state index is 17.3. The molecule has 0 radical (unpaired) electrons. The summed E-state index contributed by atoms with van der Waals surface area (Å²) in [5.41, 5.74) is 4.86. The van der Waals surface area contributed by atoms with Gasteiger partial charge in [0.1, 0.15) is 41.5 Å². The summed E-state index contributed by atoms with van der Waals surface area (Å²) in [5, 5.41) is 22.9. The summed E-state index contributed by atoms with van der Waals surface area (Å²) in [4.78, 5) is 49.2. The van der Waals surface area contributed by atoms with Crippen LogP contribution in [0.15, 0.2) is 70.7 Å². The van der Waals surface area contributed by atoms with Gasteiger partial charge in [-0.05, 0) is 129 Å². The van der Waals surface area contributed by atoms with Gasteiger partial charge in [-0.15, -0.1) is 17.8 Å². The van der Waals surface area contributed by atoms with Crippen molar-refractivity contribution in [3.8, 4) is 51.6 Å². The number of phenols is 1. The zero-order valence-electron chi connectivity index (χ0n) is 44.0. The second-order valence-corrected chi connectivity index (χ2v) is 22.8. The SMILES string of the molecule is C#Cc1c(F)ccc2cc(O)cc(-c3c(Cl)cc4c(N5CC6CCC(C5)N6)nc(OCCN5CCC(COc6cc(C(C(=O)N7CCC[C@H]7C(=O)N[C@@H](C)c7ccc(-c8scnc8C)cc7)C(C)C)on6)CC5)nc4c3F)c12. The lowest BCUT2D eigenvalue weighted by molar-refractivity contribution is -0.141. The smallest absolute Gasteiger partial charge is 0.319 e. The average molecular weight is 1100 g/mol. The van der Waals surface area contributed by atoms with Crippen LogP contribution in [0.25, 0.3) is 43.2 Å². The number of carbonyl (C=O) groups excluding carboxylic acids is 2. The number of amides is 2. The predicted molar refractivity (Wildman–Crippen MR) is 297 cm³/mol. The number of phenolic OH excluding ortho intramolecular Hbond substituents is 1. The highest BCUT2D eigenvalue weighted by Gasteiger charge is 2.41. The molecule has 19 heteroatoms. The number of anilines is 1. The molecule has 4 aromatic carbocycles. The van der Waals surface area contributed by atoms with Crippen molar-refractivity contribution in [1.82, 2.24) is 40.5 Å². The summed E-state index contributed by atoms with van der Waals surface area (Å²) in [6.45, 7) is 12.5. The van der Waals surface area contributed by atoms with Gasteiger partial charge in [0.15, 0.2) is 11.6 Å². The van der Waals surface area contributed by atoms with E-state index in [1.165, 1.54) is 24.3 Å². The Morgan fingerprint density at radius 2 is 1.76 bits per heavy atom. The fraction of sp³-hybridized carbons (Fsp3) is 0.424. The molecule has 0 saturated carbocycles. The lowest BCUT2D eigenvalue weighted by Gasteiger charge is -2.34. The van der Waals surface area contributed by atoms with E-state index < -0.39 is 23.6 Å². The van der Waals surface area contributed by atoms with Crippen LogP contribution in [0.2, 0.25) is 5.02 Å². The van der Waals surface area contributed by atoms with Crippen molar-refractivity contribution in [2.45, 2.75) is 96.3 Å². The number of aromatic hydroxyl groups is 1.